The molecule has 9 heteroatoms. The summed E-state index contributed by atoms with van der Waals surface area (Å²) in [6.07, 6.45) is -0.0686. The first kappa shape index (κ1) is 21.0. The fraction of sp³-hybridized carbons (Fsp3) is 0.435. The Bertz CT molecular complexity index is 1120. The fourth-order valence-electron chi connectivity index (χ4n) is 4.02. The zero-order valence-electron chi connectivity index (χ0n) is 18.2. The van der Waals surface area contributed by atoms with Gasteiger partial charge in [0.1, 0.15) is 6.10 Å². The van der Waals surface area contributed by atoms with Gasteiger partial charge in [-0.05, 0) is 18.2 Å². The second-order valence-electron chi connectivity index (χ2n) is 8.52. The Hall–Kier alpha value is -2.84. The molecule has 2 aliphatic rings. The number of morpholine rings is 1. The lowest BCUT2D eigenvalue weighted by Crippen LogP contribution is -2.57. The number of likely N-dealkylation sites (tertiary alicyclic amines) is 1. The number of carbonyl (C=O) groups is 1. The quantitative estimate of drug-likeness (QED) is 0.635. The molecular formula is C23H26ClN5O3. The summed E-state index contributed by atoms with van der Waals surface area (Å²) >= 11 is 6.54. The molecule has 1 aromatic carbocycles. The number of imidazole rings is 1. The van der Waals surface area contributed by atoms with E-state index in [4.69, 9.17) is 21.1 Å². The SMILES string of the molecule is CC(C)C(=O)N1CC(Oc2nc3nc(-c4ccc(N5CCOCC5)cc4)c(Cl)cc3[nH]2)C1. The van der Waals surface area contributed by atoms with E-state index in [1.54, 1.807) is 4.90 Å². The van der Waals surface area contributed by atoms with E-state index < -0.39 is 0 Å². The number of ether oxygens (including phenoxy) is 2. The molecule has 0 spiro atoms. The Kier molecular flexibility index (Phi) is 5.65. The molecular weight excluding hydrogens is 430 g/mol. The number of benzene rings is 1. The number of rotatable bonds is 5. The van der Waals surface area contributed by atoms with Gasteiger partial charge in [0, 0.05) is 30.3 Å². The van der Waals surface area contributed by atoms with Crippen LogP contribution in [0, 0.1) is 5.92 Å². The molecule has 4 heterocycles. The third-order valence-electron chi connectivity index (χ3n) is 5.85. The van der Waals surface area contributed by atoms with E-state index in [0.717, 1.165) is 37.6 Å². The average molecular weight is 456 g/mol. The predicted molar refractivity (Wildman–Crippen MR) is 123 cm³/mol. The summed E-state index contributed by atoms with van der Waals surface area (Å²) in [5.74, 6) is 0.141. The Morgan fingerprint density at radius 1 is 1.19 bits per heavy atom. The van der Waals surface area contributed by atoms with Gasteiger partial charge >= 0.3 is 0 Å². The summed E-state index contributed by atoms with van der Waals surface area (Å²) in [5.41, 5.74) is 4.04. The van der Waals surface area contributed by atoms with E-state index in [2.05, 4.69) is 32.0 Å². The van der Waals surface area contributed by atoms with Crippen LogP contribution in [0.5, 0.6) is 6.01 Å². The monoisotopic (exact) mass is 455 g/mol. The molecule has 168 valence electrons. The van der Waals surface area contributed by atoms with Crippen LogP contribution in [-0.2, 0) is 9.53 Å². The van der Waals surface area contributed by atoms with Crippen LogP contribution < -0.4 is 9.64 Å². The lowest BCUT2D eigenvalue weighted by atomic mass is 10.1. The van der Waals surface area contributed by atoms with Crippen molar-refractivity contribution in [3.63, 3.8) is 0 Å². The Balaban J connectivity index is 1.30. The van der Waals surface area contributed by atoms with Crippen LogP contribution in [0.15, 0.2) is 30.3 Å². The highest BCUT2D eigenvalue weighted by Crippen LogP contribution is 2.31. The summed E-state index contributed by atoms with van der Waals surface area (Å²) < 4.78 is 11.3. The molecule has 2 fully saturated rings. The molecule has 3 aromatic rings. The van der Waals surface area contributed by atoms with Crippen molar-refractivity contribution in [2.24, 2.45) is 5.92 Å². The largest absolute Gasteiger partial charge is 0.458 e. The van der Waals surface area contributed by atoms with E-state index >= 15 is 0 Å². The molecule has 32 heavy (non-hydrogen) atoms. The molecule has 1 amide bonds. The molecule has 5 rings (SSSR count). The molecule has 2 aromatic heterocycles. The minimum Gasteiger partial charge on any atom is -0.458 e. The zero-order valence-corrected chi connectivity index (χ0v) is 18.9. The number of hydrogen-bond acceptors (Lipinski definition) is 6. The fourth-order valence-corrected chi connectivity index (χ4v) is 4.28. The molecule has 8 nitrogen and oxygen atoms in total. The normalized spacial score (nSPS) is 17.1. The van der Waals surface area contributed by atoms with Crippen molar-refractivity contribution in [1.29, 1.82) is 0 Å². The van der Waals surface area contributed by atoms with Gasteiger partial charge in [0.15, 0.2) is 5.65 Å². The van der Waals surface area contributed by atoms with Crippen LogP contribution in [0.1, 0.15) is 13.8 Å². The van der Waals surface area contributed by atoms with Gasteiger partial charge in [0.2, 0.25) is 5.91 Å². The standard InChI is InChI=1S/C23H26ClN5O3/c1-14(2)22(30)29-12-17(13-29)32-23-25-19-11-18(24)20(26-21(19)27-23)15-3-5-16(6-4-15)28-7-9-31-10-8-28/h3-6,11,14,17H,7-10,12-13H2,1-2H3,(H,25,26,27). The highest BCUT2D eigenvalue weighted by atomic mass is 35.5. The first-order valence-corrected chi connectivity index (χ1v) is 11.3. The molecule has 2 aliphatic heterocycles. The zero-order chi connectivity index (χ0) is 22.2. The number of nitrogens with zero attached hydrogens (tertiary/aromatic N) is 4. The van der Waals surface area contributed by atoms with Gasteiger partial charge in [-0.2, -0.15) is 4.98 Å². The van der Waals surface area contributed by atoms with Gasteiger partial charge in [-0.3, -0.25) is 4.79 Å². The van der Waals surface area contributed by atoms with Crippen LogP contribution in [-0.4, -0.2) is 71.3 Å². The van der Waals surface area contributed by atoms with E-state index in [-0.39, 0.29) is 17.9 Å². The van der Waals surface area contributed by atoms with E-state index in [1.165, 1.54) is 0 Å². The van der Waals surface area contributed by atoms with Crippen LogP contribution in [0.3, 0.4) is 0 Å². The van der Waals surface area contributed by atoms with Crippen molar-refractivity contribution in [3.05, 3.63) is 35.4 Å². The van der Waals surface area contributed by atoms with Gasteiger partial charge in [-0.25, -0.2) is 4.98 Å². The van der Waals surface area contributed by atoms with Crippen LogP contribution in [0.4, 0.5) is 5.69 Å². The smallest absolute Gasteiger partial charge is 0.296 e. The number of aromatic amines is 1. The van der Waals surface area contributed by atoms with E-state index in [1.807, 2.05) is 32.0 Å². The number of nitrogens with one attached hydrogen (secondary N) is 1. The maximum atomic E-state index is 12.0. The van der Waals surface area contributed by atoms with Crippen molar-refractivity contribution in [3.8, 4) is 17.3 Å². The van der Waals surface area contributed by atoms with Crippen molar-refractivity contribution < 1.29 is 14.3 Å². The summed E-state index contributed by atoms with van der Waals surface area (Å²) in [7, 11) is 0. The number of hydrogen-bond donors (Lipinski definition) is 1. The first-order chi connectivity index (χ1) is 15.5. The van der Waals surface area contributed by atoms with Crippen molar-refractivity contribution in [1.82, 2.24) is 19.9 Å². The molecule has 2 saturated heterocycles. The maximum absolute atomic E-state index is 12.0. The molecule has 0 radical (unpaired) electrons. The lowest BCUT2D eigenvalue weighted by Gasteiger charge is -2.39. The highest BCUT2D eigenvalue weighted by molar-refractivity contribution is 6.33. The third-order valence-corrected chi connectivity index (χ3v) is 6.14. The Labute approximate surface area is 191 Å². The number of fused-ring (bicyclic) bond motifs is 1. The van der Waals surface area contributed by atoms with Gasteiger partial charge in [0.05, 0.1) is 42.5 Å². The van der Waals surface area contributed by atoms with Gasteiger partial charge in [-0.1, -0.05) is 37.6 Å². The number of amides is 1. The van der Waals surface area contributed by atoms with Crippen molar-refractivity contribution >= 4 is 34.4 Å². The average Bonchev–Trinajstić information content (AvgIpc) is 3.17. The van der Waals surface area contributed by atoms with Crippen LogP contribution in [0.2, 0.25) is 5.02 Å². The van der Waals surface area contributed by atoms with Gasteiger partial charge < -0.3 is 24.3 Å². The number of halogens is 1. The Morgan fingerprint density at radius 2 is 1.91 bits per heavy atom. The van der Waals surface area contributed by atoms with E-state index in [9.17, 15) is 4.79 Å². The molecule has 0 saturated carbocycles. The number of carbonyl (C=O) groups excluding carboxylic acids is 1. The highest BCUT2D eigenvalue weighted by Gasteiger charge is 2.33. The van der Waals surface area contributed by atoms with Crippen LogP contribution in [0.25, 0.3) is 22.4 Å². The summed E-state index contributed by atoms with van der Waals surface area (Å²) in [5, 5.41) is 0.546. The minimum atomic E-state index is -0.0686. The summed E-state index contributed by atoms with van der Waals surface area (Å²) in [6.45, 7) is 8.24. The number of pyridine rings is 1. The molecule has 0 atom stereocenters. The van der Waals surface area contributed by atoms with Gasteiger partial charge in [-0.15, -0.1) is 0 Å². The molecule has 0 aliphatic carbocycles. The minimum absolute atomic E-state index is 0.00477. The number of anilines is 1. The number of H-pyrrole nitrogens is 1. The first-order valence-electron chi connectivity index (χ1n) is 10.9. The van der Waals surface area contributed by atoms with Crippen molar-refractivity contribution in [2.45, 2.75) is 20.0 Å². The predicted octanol–water partition coefficient (Wildman–Crippen LogP) is 3.36. The number of aromatic nitrogens is 3. The van der Waals surface area contributed by atoms with Crippen LogP contribution >= 0.6 is 11.6 Å². The van der Waals surface area contributed by atoms with Gasteiger partial charge in [0.25, 0.3) is 6.01 Å². The lowest BCUT2D eigenvalue weighted by molar-refractivity contribution is -0.143. The maximum Gasteiger partial charge on any atom is 0.296 e. The molecule has 0 bridgehead atoms. The topological polar surface area (TPSA) is 83.6 Å². The third kappa shape index (κ3) is 4.12. The molecule has 0 unspecified atom stereocenters. The summed E-state index contributed by atoms with van der Waals surface area (Å²) in [4.78, 5) is 28.4. The second-order valence-corrected chi connectivity index (χ2v) is 8.92. The second kappa shape index (κ2) is 8.60. The summed E-state index contributed by atoms with van der Waals surface area (Å²) in [6, 6.07) is 10.5. The molecule has 1 N–H and O–H groups in total. The van der Waals surface area contributed by atoms with E-state index in [0.29, 0.717) is 41.0 Å². The Morgan fingerprint density at radius 3 is 2.59 bits per heavy atom. The van der Waals surface area contributed by atoms with Crippen molar-refractivity contribution in [2.75, 3.05) is 44.3 Å².